The minimum atomic E-state index is 0.802. The summed E-state index contributed by atoms with van der Waals surface area (Å²) in [6.45, 7) is 13.1. The van der Waals surface area contributed by atoms with Gasteiger partial charge in [0.25, 0.3) is 0 Å². The van der Waals surface area contributed by atoms with Crippen LogP contribution in [0.1, 0.15) is 44.2 Å². The summed E-state index contributed by atoms with van der Waals surface area (Å²) in [5.74, 6) is 0.874. The third-order valence-electron chi connectivity index (χ3n) is 5.02. The highest BCUT2D eigenvalue weighted by Gasteiger charge is 2.11. The minimum Gasteiger partial charge on any atom is -0.355 e. The van der Waals surface area contributed by atoms with Crippen molar-refractivity contribution in [3.63, 3.8) is 0 Å². The molecule has 0 atom stereocenters. The van der Waals surface area contributed by atoms with Crippen LogP contribution in [0.3, 0.4) is 0 Å². The number of likely N-dealkylation sites (tertiary alicyclic amines) is 1. The topological polar surface area (TPSA) is 42.9 Å². The number of aliphatic imine (C=N–C) groups is 1. The van der Waals surface area contributed by atoms with Crippen molar-refractivity contribution in [3.05, 3.63) is 35.4 Å². The third-order valence-corrected chi connectivity index (χ3v) is 5.02. The van der Waals surface area contributed by atoms with Crippen molar-refractivity contribution in [2.45, 2.75) is 46.2 Å². The summed E-state index contributed by atoms with van der Waals surface area (Å²) in [6, 6.07) is 8.97. The van der Waals surface area contributed by atoms with Crippen molar-refractivity contribution in [2.24, 2.45) is 4.99 Å². The highest BCUT2D eigenvalue weighted by molar-refractivity contribution is 5.79. The summed E-state index contributed by atoms with van der Waals surface area (Å²) in [5, 5.41) is 6.83. The van der Waals surface area contributed by atoms with Gasteiger partial charge in [-0.25, -0.2) is 0 Å². The second kappa shape index (κ2) is 11.9. The fourth-order valence-electron chi connectivity index (χ4n) is 3.44. The van der Waals surface area contributed by atoms with Gasteiger partial charge in [0.2, 0.25) is 0 Å². The Morgan fingerprint density at radius 3 is 2.35 bits per heavy atom. The minimum absolute atomic E-state index is 0.802. The first-order chi connectivity index (χ1) is 12.7. The Hall–Kier alpha value is -1.59. The molecule has 0 amide bonds. The molecular weight excluding hydrogens is 322 g/mol. The summed E-state index contributed by atoms with van der Waals surface area (Å²) in [6.07, 6.45) is 3.90. The lowest BCUT2D eigenvalue weighted by molar-refractivity contribution is 0.293. The highest BCUT2D eigenvalue weighted by Crippen LogP contribution is 2.13. The maximum Gasteiger partial charge on any atom is 0.191 e. The Morgan fingerprint density at radius 2 is 1.73 bits per heavy atom. The lowest BCUT2D eigenvalue weighted by Gasteiger charge is -2.20. The van der Waals surface area contributed by atoms with Gasteiger partial charge in [-0.05, 0) is 56.6 Å². The first kappa shape index (κ1) is 20.7. The molecule has 1 aromatic carbocycles. The van der Waals surface area contributed by atoms with Crippen LogP contribution in [0.4, 0.5) is 0 Å². The van der Waals surface area contributed by atoms with Crippen LogP contribution in [0.2, 0.25) is 0 Å². The zero-order valence-electron chi connectivity index (χ0n) is 16.9. The number of rotatable bonds is 10. The van der Waals surface area contributed by atoms with E-state index in [1.807, 2.05) is 7.05 Å². The maximum atomic E-state index is 4.33. The first-order valence-corrected chi connectivity index (χ1v) is 10.2. The van der Waals surface area contributed by atoms with Gasteiger partial charge in [-0.2, -0.15) is 0 Å². The van der Waals surface area contributed by atoms with Crippen molar-refractivity contribution in [3.8, 4) is 0 Å². The Morgan fingerprint density at radius 1 is 1.04 bits per heavy atom. The zero-order valence-corrected chi connectivity index (χ0v) is 16.9. The van der Waals surface area contributed by atoms with E-state index in [0.717, 1.165) is 45.2 Å². The summed E-state index contributed by atoms with van der Waals surface area (Å²) >= 11 is 0. The van der Waals surface area contributed by atoms with Gasteiger partial charge in [0.1, 0.15) is 0 Å². The average Bonchev–Trinajstić information content (AvgIpc) is 3.18. The van der Waals surface area contributed by atoms with Gasteiger partial charge in [-0.3, -0.25) is 9.89 Å². The quantitative estimate of drug-likeness (QED) is 0.498. The molecule has 0 aliphatic carbocycles. The van der Waals surface area contributed by atoms with Gasteiger partial charge in [0.05, 0.1) is 0 Å². The molecular formula is C21H37N5. The molecule has 5 nitrogen and oxygen atoms in total. The number of nitrogens with one attached hydrogen (secondary N) is 2. The molecule has 0 radical (unpaired) electrons. The second-order valence-corrected chi connectivity index (χ2v) is 7.09. The number of benzene rings is 1. The lowest BCUT2D eigenvalue weighted by Crippen LogP contribution is -2.41. The van der Waals surface area contributed by atoms with E-state index in [2.05, 4.69) is 63.5 Å². The van der Waals surface area contributed by atoms with Crippen molar-refractivity contribution in [2.75, 3.05) is 46.3 Å². The average molecular weight is 360 g/mol. The van der Waals surface area contributed by atoms with E-state index in [4.69, 9.17) is 0 Å². The van der Waals surface area contributed by atoms with Gasteiger partial charge in [-0.1, -0.05) is 38.1 Å². The van der Waals surface area contributed by atoms with E-state index in [1.54, 1.807) is 0 Å². The Labute approximate surface area is 159 Å². The van der Waals surface area contributed by atoms with Gasteiger partial charge < -0.3 is 15.5 Å². The van der Waals surface area contributed by atoms with E-state index in [9.17, 15) is 0 Å². The normalized spacial score (nSPS) is 15.6. The molecule has 1 aliphatic rings. The maximum absolute atomic E-state index is 4.33. The van der Waals surface area contributed by atoms with Crippen molar-refractivity contribution >= 4 is 5.96 Å². The third kappa shape index (κ3) is 7.34. The van der Waals surface area contributed by atoms with E-state index in [-0.39, 0.29) is 0 Å². The van der Waals surface area contributed by atoms with Crippen LogP contribution in [-0.4, -0.2) is 62.1 Å². The Balaban J connectivity index is 1.70. The van der Waals surface area contributed by atoms with E-state index in [0.29, 0.717) is 0 Å². The molecule has 146 valence electrons. The van der Waals surface area contributed by atoms with Gasteiger partial charge in [0.15, 0.2) is 5.96 Å². The lowest BCUT2D eigenvalue weighted by atomic mass is 10.1. The molecule has 1 heterocycles. The van der Waals surface area contributed by atoms with Crippen molar-refractivity contribution in [1.82, 2.24) is 20.4 Å². The highest BCUT2D eigenvalue weighted by atomic mass is 15.2. The standard InChI is InChI=1S/C21H37N5/c1-4-13-25(5-2)16-12-23-21(22-3)24-17-19-8-10-20(11-9-19)18-26-14-6-7-15-26/h8-11H,4-7,12-18H2,1-3H3,(H2,22,23,24). The van der Waals surface area contributed by atoms with Crippen LogP contribution in [0.5, 0.6) is 0 Å². The summed E-state index contributed by atoms with van der Waals surface area (Å²) in [4.78, 5) is 9.32. The molecule has 5 heteroatoms. The summed E-state index contributed by atoms with van der Waals surface area (Å²) in [5.41, 5.74) is 2.70. The van der Waals surface area contributed by atoms with Crippen LogP contribution in [0.25, 0.3) is 0 Å². The fraction of sp³-hybridized carbons (Fsp3) is 0.667. The van der Waals surface area contributed by atoms with Gasteiger partial charge >= 0.3 is 0 Å². The monoisotopic (exact) mass is 359 g/mol. The molecule has 2 rings (SSSR count). The molecule has 0 bridgehead atoms. The molecule has 0 unspecified atom stereocenters. The molecule has 0 aromatic heterocycles. The van der Waals surface area contributed by atoms with E-state index < -0.39 is 0 Å². The smallest absolute Gasteiger partial charge is 0.191 e. The van der Waals surface area contributed by atoms with Crippen LogP contribution in [-0.2, 0) is 13.1 Å². The van der Waals surface area contributed by atoms with Crippen LogP contribution in [0, 0.1) is 0 Å². The Bertz CT molecular complexity index is 520. The molecule has 1 aromatic rings. The molecule has 0 spiro atoms. The number of hydrogen-bond acceptors (Lipinski definition) is 3. The van der Waals surface area contributed by atoms with Crippen LogP contribution in [0.15, 0.2) is 29.3 Å². The Kier molecular flexibility index (Phi) is 9.50. The molecule has 0 saturated carbocycles. The fourth-order valence-corrected chi connectivity index (χ4v) is 3.44. The largest absolute Gasteiger partial charge is 0.355 e. The number of nitrogens with zero attached hydrogens (tertiary/aromatic N) is 3. The predicted octanol–water partition coefficient (Wildman–Crippen LogP) is 2.68. The second-order valence-electron chi connectivity index (χ2n) is 7.09. The number of hydrogen-bond donors (Lipinski definition) is 2. The molecule has 1 fully saturated rings. The van der Waals surface area contributed by atoms with E-state index >= 15 is 0 Å². The first-order valence-electron chi connectivity index (χ1n) is 10.2. The predicted molar refractivity (Wildman–Crippen MR) is 112 cm³/mol. The van der Waals surface area contributed by atoms with Gasteiger partial charge in [0, 0.05) is 33.2 Å². The molecule has 2 N–H and O–H groups in total. The number of likely N-dealkylation sites (N-methyl/N-ethyl adjacent to an activating group) is 1. The van der Waals surface area contributed by atoms with E-state index in [1.165, 1.54) is 43.5 Å². The van der Waals surface area contributed by atoms with Crippen molar-refractivity contribution in [1.29, 1.82) is 0 Å². The van der Waals surface area contributed by atoms with Crippen molar-refractivity contribution < 1.29 is 0 Å². The molecule has 1 saturated heterocycles. The zero-order chi connectivity index (χ0) is 18.6. The summed E-state index contributed by atoms with van der Waals surface area (Å²) in [7, 11) is 1.83. The number of guanidine groups is 1. The van der Waals surface area contributed by atoms with Crippen LogP contribution < -0.4 is 10.6 Å². The summed E-state index contributed by atoms with van der Waals surface area (Å²) < 4.78 is 0. The SMILES string of the molecule is CCCN(CC)CCNC(=NC)NCc1ccc(CN2CCCC2)cc1. The van der Waals surface area contributed by atoms with Gasteiger partial charge in [-0.15, -0.1) is 0 Å². The molecule has 1 aliphatic heterocycles. The molecule has 26 heavy (non-hydrogen) atoms. The van der Waals surface area contributed by atoms with Crippen LogP contribution >= 0.6 is 0 Å².